The zero-order valence-corrected chi connectivity index (χ0v) is 12.1. The van der Waals surface area contributed by atoms with Crippen LogP contribution in [0.5, 0.6) is 0 Å². The monoisotopic (exact) mass is 249 g/mol. The second kappa shape index (κ2) is 7.55. The van der Waals surface area contributed by atoms with Crippen molar-refractivity contribution in [2.45, 2.75) is 52.7 Å². The van der Waals surface area contributed by atoms with E-state index in [9.17, 15) is 0 Å². The average molecular weight is 249 g/mol. The Balaban J connectivity index is 2.77. The third-order valence-electron chi connectivity index (χ3n) is 3.27. The van der Waals surface area contributed by atoms with Gasteiger partial charge in [0.05, 0.1) is 12.1 Å². The topological polar surface area (TPSA) is 35.2 Å². The fourth-order valence-electron chi connectivity index (χ4n) is 2.29. The van der Waals surface area contributed by atoms with Gasteiger partial charge < -0.3 is 10.5 Å². The van der Waals surface area contributed by atoms with Crippen LogP contribution >= 0.6 is 0 Å². The van der Waals surface area contributed by atoms with Crippen LogP contribution in [0.3, 0.4) is 0 Å². The van der Waals surface area contributed by atoms with Crippen molar-refractivity contribution in [2.24, 2.45) is 11.7 Å². The molecule has 0 spiro atoms. The van der Waals surface area contributed by atoms with Gasteiger partial charge in [0.15, 0.2) is 0 Å². The van der Waals surface area contributed by atoms with Gasteiger partial charge in [-0.15, -0.1) is 0 Å². The molecule has 2 atom stereocenters. The number of hydrogen-bond donors (Lipinski definition) is 1. The molecule has 0 aliphatic rings. The van der Waals surface area contributed by atoms with Gasteiger partial charge >= 0.3 is 0 Å². The first-order valence-corrected chi connectivity index (χ1v) is 7.06. The Kier molecular flexibility index (Phi) is 6.37. The summed E-state index contributed by atoms with van der Waals surface area (Å²) in [7, 11) is 0. The normalized spacial score (nSPS) is 14.8. The highest BCUT2D eigenvalue weighted by atomic mass is 16.5. The molecule has 1 aromatic rings. The summed E-state index contributed by atoms with van der Waals surface area (Å²) in [6.07, 6.45) is 2.40. The van der Waals surface area contributed by atoms with E-state index in [0.717, 1.165) is 6.42 Å². The lowest BCUT2D eigenvalue weighted by Crippen LogP contribution is -2.33. The minimum Gasteiger partial charge on any atom is -0.376 e. The van der Waals surface area contributed by atoms with E-state index in [1.165, 1.54) is 17.5 Å². The predicted octanol–water partition coefficient (Wildman–Crippen LogP) is 3.70. The molecular weight excluding hydrogens is 222 g/mol. The fraction of sp³-hybridized carbons (Fsp3) is 0.625. The third kappa shape index (κ3) is 4.11. The van der Waals surface area contributed by atoms with E-state index in [-0.39, 0.29) is 12.1 Å². The fourth-order valence-corrected chi connectivity index (χ4v) is 2.29. The molecule has 0 fully saturated rings. The Morgan fingerprint density at radius 2 is 1.72 bits per heavy atom. The third-order valence-corrected chi connectivity index (χ3v) is 3.27. The molecule has 0 aliphatic carbocycles. The van der Waals surface area contributed by atoms with Crippen molar-refractivity contribution in [3.63, 3.8) is 0 Å². The highest BCUT2D eigenvalue weighted by Gasteiger charge is 2.22. The first kappa shape index (κ1) is 15.2. The van der Waals surface area contributed by atoms with Gasteiger partial charge in [-0.05, 0) is 30.4 Å². The minimum atomic E-state index is -0.0411. The summed E-state index contributed by atoms with van der Waals surface area (Å²) in [4.78, 5) is 0. The minimum absolute atomic E-state index is 0.0411. The molecule has 0 aliphatic heterocycles. The number of rotatable bonds is 7. The number of ether oxygens (including phenoxy) is 1. The lowest BCUT2D eigenvalue weighted by atomic mass is 9.93. The smallest absolute Gasteiger partial charge is 0.0790 e. The Morgan fingerprint density at radius 1 is 1.11 bits per heavy atom. The van der Waals surface area contributed by atoms with Crippen LogP contribution in [-0.2, 0) is 11.2 Å². The van der Waals surface area contributed by atoms with Gasteiger partial charge in [0.2, 0.25) is 0 Å². The SMILES string of the molecule is CCCc1ccc(C(N)C(OCC)C(C)C)cc1. The quantitative estimate of drug-likeness (QED) is 0.799. The second-order valence-corrected chi connectivity index (χ2v) is 5.18. The van der Waals surface area contributed by atoms with Crippen LogP contribution in [0.15, 0.2) is 24.3 Å². The number of aryl methyl sites for hydroxylation is 1. The van der Waals surface area contributed by atoms with Gasteiger partial charge in [0, 0.05) is 6.61 Å². The Bertz CT molecular complexity index is 331. The van der Waals surface area contributed by atoms with Crippen molar-refractivity contribution in [1.29, 1.82) is 0 Å². The number of hydrogen-bond acceptors (Lipinski definition) is 2. The van der Waals surface area contributed by atoms with Gasteiger partial charge in [-0.2, -0.15) is 0 Å². The zero-order chi connectivity index (χ0) is 13.5. The maximum Gasteiger partial charge on any atom is 0.0790 e. The summed E-state index contributed by atoms with van der Waals surface area (Å²) in [5.41, 5.74) is 8.87. The average Bonchev–Trinajstić information content (AvgIpc) is 2.36. The molecule has 1 aromatic carbocycles. The maximum absolute atomic E-state index is 6.33. The molecule has 0 amide bonds. The van der Waals surface area contributed by atoms with Crippen LogP contribution in [0.2, 0.25) is 0 Å². The van der Waals surface area contributed by atoms with Gasteiger partial charge in [-0.3, -0.25) is 0 Å². The number of nitrogens with two attached hydrogens (primary N) is 1. The summed E-state index contributed by atoms with van der Waals surface area (Å²) in [6.45, 7) is 9.25. The summed E-state index contributed by atoms with van der Waals surface area (Å²) in [5.74, 6) is 0.426. The largest absolute Gasteiger partial charge is 0.376 e. The first-order valence-electron chi connectivity index (χ1n) is 7.06. The van der Waals surface area contributed by atoms with Gasteiger partial charge in [-0.1, -0.05) is 51.5 Å². The molecule has 0 radical (unpaired) electrons. The van der Waals surface area contributed by atoms with E-state index in [1.807, 2.05) is 6.92 Å². The van der Waals surface area contributed by atoms with E-state index < -0.39 is 0 Å². The van der Waals surface area contributed by atoms with Crippen LogP contribution in [0.4, 0.5) is 0 Å². The highest BCUT2D eigenvalue weighted by molar-refractivity contribution is 5.25. The maximum atomic E-state index is 6.33. The van der Waals surface area contributed by atoms with Crippen LogP contribution in [0.25, 0.3) is 0 Å². The summed E-state index contributed by atoms with van der Waals surface area (Å²) in [5, 5.41) is 0. The molecule has 0 aromatic heterocycles. The molecule has 102 valence electrons. The van der Waals surface area contributed by atoms with E-state index in [0.29, 0.717) is 12.5 Å². The molecule has 1 rings (SSSR count). The second-order valence-electron chi connectivity index (χ2n) is 5.18. The molecule has 2 heteroatoms. The van der Waals surface area contributed by atoms with Crippen LogP contribution in [0, 0.1) is 5.92 Å². The van der Waals surface area contributed by atoms with E-state index in [4.69, 9.17) is 10.5 Å². The molecule has 18 heavy (non-hydrogen) atoms. The first-order chi connectivity index (χ1) is 8.60. The molecule has 2 unspecified atom stereocenters. The van der Waals surface area contributed by atoms with E-state index >= 15 is 0 Å². The molecule has 0 saturated heterocycles. The molecule has 2 N–H and O–H groups in total. The van der Waals surface area contributed by atoms with Crippen molar-refractivity contribution in [2.75, 3.05) is 6.61 Å². The van der Waals surface area contributed by atoms with E-state index in [1.54, 1.807) is 0 Å². The van der Waals surface area contributed by atoms with E-state index in [2.05, 4.69) is 45.0 Å². The van der Waals surface area contributed by atoms with Crippen molar-refractivity contribution in [3.8, 4) is 0 Å². The zero-order valence-electron chi connectivity index (χ0n) is 12.1. The Morgan fingerprint density at radius 3 is 2.17 bits per heavy atom. The summed E-state index contributed by atoms with van der Waals surface area (Å²) < 4.78 is 5.77. The van der Waals surface area contributed by atoms with Gasteiger partial charge in [-0.25, -0.2) is 0 Å². The molecule has 0 heterocycles. The number of benzene rings is 1. The molecule has 0 bridgehead atoms. The van der Waals surface area contributed by atoms with Crippen LogP contribution in [0.1, 0.15) is 51.3 Å². The van der Waals surface area contributed by atoms with Crippen LogP contribution < -0.4 is 5.73 Å². The molecule has 2 nitrogen and oxygen atoms in total. The summed E-state index contributed by atoms with van der Waals surface area (Å²) >= 11 is 0. The summed E-state index contributed by atoms with van der Waals surface area (Å²) in [6, 6.07) is 8.61. The highest BCUT2D eigenvalue weighted by Crippen LogP contribution is 2.23. The molecular formula is C16H27NO. The van der Waals surface area contributed by atoms with Gasteiger partial charge in [0.1, 0.15) is 0 Å². The van der Waals surface area contributed by atoms with Crippen molar-refractivity contribution < 1.29 is 4.74 Å². The van der Waals surface area contributed by atoms with Gasteiger partial charge in [0.25, 0.3) is 0 Å². The lowest BCUT2D eigenvalue weighted by Gasteiger charge is -2.27. The van der Waals surface area contributed by atoms with Crippen molar-refractivity contribution in [3.05, 3.63) is 35.4 Å². The van der Waals surface area contributed by atoms with Crippen molar-refractivity contribution >= 4 is 0 Å². The van der Waals surface area contributed by atoms with Crippen molar-refractivity contribution in [1.82, 2.24) is 0 Å². The molecule has 0 saturated carbocycles. The van der Waals surface area contributed by atoms with Crippen LogP contribution in [-0.4, -0.2) is 12.7 Å². The Hall–Kier alpha value is -0.860. The lowest BCUT2D eigenvalue weighted by molar-refractivity contribution is 0.0121. The standard InChI is InChI=1S/C16H27NO/c1-5-7-13-8-10-14(11-9-13)15(17)16(12(3)4)18-6-2/h8-12,15-16H,5-7,17H2,1-4H3. The Labute approximate surface area is 112 Å². The predicted molar refractivity (Wildman–Crippen MR) is 77.6 cm³/mol.